The fourth-order valence-electron chi connectivity index (χ4n) is 3.00. The van der Waals surface area contributed by atoms with Crippen molar-refractivity contribution in [3.63, 3.8) is 0 Å². The summed E-state index contributed by atoms with van der Waals surface area (Å²) in [5.41, 5.74) is 0. The van der Waals surface area contributed by atoms with Gasteiger partial charge in [0.05, 0.1) is 0 Å². The highest BCUT2D eigenvalue weighted by Gasteiger charge is 2.36. The summed E-state index contributed by atoms with van der Waals surface area (Å²) in [6.45, 7) is 4.02. The molecule has 3 amide bonds. The number of hydrogen-bond donors (Lipinski definition) is 2. The van der Waals surface area contributed by atoms with E-state index in [9.17, 15) is 14.4 Å². The molecule has 2 N–H and O–H groups in total. The molecule has 2 unspecified atom stereocenters. The topological polar surface area (TPSA) is 90.0 Å². The molecule has 7 nitrogen and oxygen atoms in total. The number of aliphatic carboxylic acids is 1. The van der Waals surface area contributed by atoms with E-state index in [1.165, 1.54) is 0 Å². The number of nitrogens with zero attached hydrogens (tertiary/aromatic N) is 2. The summed E-state index contributed by atoms with van der Waals surface area (Å²) in [5, 5.41) is 11.6. The maximum Gasteiger partial charge on any atom is 0.317 e. The molecule has 0 aliphatic carbocycles. The summed E-state index contributed by atoms with van der Waals surface area (Å²) in [6.07, 6.45) is 2.19. The average Bonchev–Trinajstić information content (AvgIpc) is 2.83. The van der Waals surface area contributed by atoms with Crippen LogP contribution < -0.4 is 5.32 Å². The Morgan fingerprint density at radius 1 is 1.43 bits per heavy atom. The molecule has 0 saturated carbocycles. The van der Waals surface area contributed by atoms with Gasteiger partial charge < -0.3 is 20.2 Å². The molecule has 2 saturated heterocycles. The average molecular weight is 297 g/mol. The highest BCUT2D eigenvalue weighted by atomic mass is 16.4. The molecule has 21 heavy (non-hydrogen) atoms. The van der Waals surface area contributed by atoms with Crippen molar-refractivity contribution < 1.29 is 19.5 Å². The van der Waals surface area contributed by atoms with Gasteiger partial charge in [0, 0.05) is 45.1 Å². The molecule has 0 aromatic carbocycles. The first-order valence-electron chi connectivity index (χ1n) is 7.55. The van der Waals surface area contributed by atoms with E-state index < -0.39 is 5.97 Å². The van der Waals surface area contributed by atoms with Crippen LogP contribution in [0.3, 0.4) is 0 Å². The Balaban J connectivity index is 1.78. The Morgan fingerprint density at radius 2 is 2.19 bits per heavy atom. The molecule has 0 aromatic heterocycles. The first-order valence-corrected chi connectivity index (χ1v) is 7.55. The van der Waals surface area contributed by atoms with Gasteiger partial charge >= 0.3 is 12.0 Å². The number of carbonyl (C=O) groups excluding carboxylic acids is 2. The van der Waals surface area contributed by atoms with E-state index in [-0.39, 0.29) is 30.3 Å². The van der Waals surface area contributed by atoms with Crippen LogP contribution in [-0.2, 0) is 9.59 Å². The number of carboxylic acids is 1. The molecule has 0 radical (unpaired) electrons. The molecule has 118 valence electrons. The van der Waals surface area contributed by atoms with E-state index in [2.05, 4.69) is 5.32 Å². The fraction of sp³-hybridized carbons (Fsp3) is 0.786. The number of piperazine rings is 1. The minimum absolute atomic E-state index is 0.0409. The minimum atomic E-state index is -0.839. The number of fused-ring (bicyclic) bond motifs is 1. The summed E-state index contributed by atoms with van der Waals surface area (Å²) in [7, 11) is 0. The molecule has 2 aliphatic rings. The van der Waals surface area contributed by atoms with E-state index in [1.54, 1.807) is 4.90 Å². The lowest BCUT2D eigenvalue weighted by Crippen LogP contribution is -2.55. The first-order chi connectivity index (χ1) is 10.0. The third-order valence-electron chi connectivity index (χ3n) is 4.36. The quantitative estimate of drug-likeness (QED) is 0.773. The number of carboxylic acid groups (broad SMARTS) is 1. The van der Waals surface area contributed by atoms with Crippen LogP contribution in [0.25, 0.3) is 0 Å². The monoisotopic (exact) mass is 297 g/mol. The van der Waals surface area contributed by atoms with Gasteiger partial charge in [0.15, 0.2) is 0 Å². The Bertz CT molecular complexity index is 426. The molecule has 2 rings (SSSR count). The van der Waals surface area contributed by atoms with Gasteiger partial charge in [-0.15, -0.1) is 0 Å². The number of rotatable bonds is 5. The van der Waals surface area contributed by atoms with Gasteiger partial charge in [0.2, 0.25) is 5.91 Å². The Hall–Kier alpha value is -1.79. The highest BCUT2D eigenvalue weighted by molar-refractivity contribution is 5.80. The van der Waals surface area contributed by atoms with Crippen molar-refractivity contribution in [1.82, 2.24) is 15.1 Å². The van der Waals surface area contributed by atoms with Crippen molar-refractivity contribution >= 4 is 17.9 Å². The molecule has 2 heterocycles. The Morgan fingerprint density at radius 3 is 2.86 bits per heavy atom. The van der Waals surface area contributed by atoms with Crippen LogP contribution >= 0.6 is 0 Å². The smallest absolute Gasteiger partial charge is 0.317 e. The van der Waals surface area contributed by atoms with Gasteiger partial charge in [-0.3, -0.25) is 9.59 Å². The molecule has 0 aromatic rings. The van der Waals surface area contributed by atoms with Crippen LogP contribution in [0.15, 0.2) is 0 Å². The number of urea groups is 1. The van der Waals surface area contributed by atoms with Crippen molar-refractivity contribution in [3.05, 3.63) is 0 Å². The predicted molar refractivity (Wildman–Crippen MR) is 75.7 cm³/mol. The lowest BCUT2D eigenvalue weighted by molar-refractivity contribution is -0.138. The third-order valence-corrected chi connectivity index (χ3v) is 4.36. The SMILES string of the molecule is CCC(CNC(=O)N1CCN2C(=O)CCC2C1)CC(=O)O. The first kappa shape index (κ1) is 15.6. The van der Waals surface area contributed by atoms with Crippen molar-refractivity contribution in [2.24, 2.45) is 5.92 Å². The second-order valence-electron chi connectivity index (χ2n) is 5.78. The highest BCUT2D eigenvalue weighted by Crippen LogP contribution is 2.22. The maximum absolute atomic E-state index is 12.1. The Kier molecular flexibility index (Phi) is 5.03. The zero-order valence-corrected chi connectivity index (χ0v) is 12.4. The summed E-state index contributed by atoms with van der Waals surface area (Å²) in [6, 6.07) is -0.00386. The molecule has 2 atom stereocenters. The van der Waals surface area contributed by atoms with Crippen molar-refractivity contribution in [3.8, 4) is 0 Å². The molecule has 0 spiro atoms. The maximum atomic E-state index is 12.1. The van der Waals surface area contributed by atoms with Crippen LogP contribution in [0.1, 0.15) is 32.6 Å². The molecule has 7 heteroatoms. The summed E-state index contributed by atoms with van der Waals surface area (Å²) in [4.78, 5) is 38.0. The van der Waals surface area contributed by atoms with E-state index >= 15 is 0 Å². The molecular weight excluding hydrogens is 274 g/mol. The zero-order chi connectivity index (χ0) is 15.4. The van der Waals surface area contributed by atoms with Crippen molar-refractivity contribution in [2.45, 2.75) is 38.6 Å². The van der Waals surface area contributed by atoms with Gasteiger partial charge in [0.1, 0.15) is 0 Å². The van der Waals surface area contributed by atoms with E-state index in [0.29, 0.717) is 32.6 Å². The zero-order valence-electron chi connectivity index (χ0n) is 12.4. The number of nitrogens with one attached hydrogen (secondary N) is 1. The standard InChI is InChI=1S/C14H23N3O4/c1-2-10(7-13(19)20)8-15-14(21)16-5-6-17-11(9-16)3-4-12(17)18/h10-11H,2-9H2,1H3,(H,15,21)(H,19,20). The minimum Gasteiger partial charge on any atom is -0.481 e. The lowest BCUT2D eigenvalue weighted by Gasteiger charge is -2.37. The van der Waals surface area contributed by atoms with E-state index in [1.807, 2.05) is 11.8 Å². The van der Waals surface area contributed by atoms with Gasteiger partial charge in [-0.25, -0.2) is 4.79 Å². The van der Waals surface area contributed by atoms with Gasteiger partial charge in [-0.05, 0) is 12.3 Å². The summed E-state index contributed by atoms with van der Waals surface area (Å²) < 4.78 is 0. The largest absolute Gasteiger partial charge is 0.481 e. The van der Waals surface area contributed by atoms with Crippen LogP contribution in [-0.4, -0.2) is 65.0 Å². The molecule has 2 fully saturated rings. The number of amides is 3. The van der Waals surface area contributed by atoms with Crippen LogP contribution in [0.2, 0.25) is 0 Å². The van der Waals surface area contributed by atoms with Gasteiger partial charge in [0.25, 0.3) is 0 Å². The molecule has 0 bridgehead atoms. The molecular formula is C14H23N3O4. The van der Waals surface area contributed by atoms with Crippen LogP contribution in [0.5, 0.6) is 0 Å². The summed E-state index contributed by atoms with van der Waals surface area (Å²) in [5.74, 6) is -0.692. The van der Waals surface area contributed by atoms with Crippen molar-refractivity contribution in [2.75, 3.05) is 26.2 Å². The lowest BCUT2D eigenvalue weighted by atomic mass is 10.0. The number of carbonyl (C=O) groups is 3. The third kappa shape index (κ3) is 3.86. The van der Waals surface area contributed by atoms with E-state index in [0.717, 1.165) is 12.8 Å². The summed E-state index contributed by atoms with van der Waals surface area (Å²) >= 11 is 0. The predicted octanol–water partition coefficient (Wildman–Crippen LogP) is 0.504. The normalized spacial score (nSPS) is 22.9. The Labute approximate surface area is 124 Å². The second-order valence-corrected chi connectivity index (χ2v) is 5.78. The van der Waals surface area contributed by atoms with E-state index in [4.69, 9.17) is 5.11 Å². The number of hydrogen-bond acceptors (Lipinski definition) is 3. The van der Waals surface area contributed by atoms with Crippen LogP contribution in [0.4, 0.5) is 4.79 Å². The molecule has 2 aliphatic heterocycles. The van der Waals surface area contributed by atoms with Gasteiger partial charge in [-0.1, -0.05) is 13.3 Å². The second kappa shape index (κ2) is 6.78. The van der Waals surface area contributed by atoms with Crippen LogP contribution in [0, 0.1) is 5.92 Å². The van der Waals surface area contributed by atoms with Crippen molar-refractivity contribution in [1.29, 1.82) is 0 Å². The van der Waals surface area contributed by atoms with Gasteiger partial charge in [-0.2, -0.15) is 0 Å². The fourth-order valence-corrected chi connectivity index (χ4v) is 3.00.